The van der Waals surface area contributed by atoms with Crippen LogP contribution < -0.4 is 5.73 Å². The molecule has 0 fully saturated rings. The molecular formula is C13H15NOS. The van der Waals surface area contributed by atoms with Gasteiger partial charge in [0.25, 0.3) is 0 Å². The van der Waals surface area contributed by atoms with Gasteiger partial charge in [-0.2, -0.15) is 0 Å². The van der Waals surface area contributed by atoms with Gasteiger partial charge in [0.1, 0.15) is 0 Å². The van der Waals surface area contributed by atoms with Gasteiger partial charge in [0.05, 0.1) is 10.6 Å². The first-order valence-electron chi connectivity index (χ1n) is 5.22. The molecule has 2 rings (SSSR count). The predicted octanol–water partition coefficient (Wildman–Crippen LogP) is 3.59. The second kappa shape index (κ2) is 6.08. The van der Waals surface area contributed by atoms with Gasteiger partial charge in [-0.3, -0.25) is 4.79 Å². The summed E-state index contributed by atoms with van der Waals surface area (Å²) in [4.78, 5) is 11.9. The summed E-state index contributed by atoms with van der Waals surface area (Å²) in [5, 5.41) is 2.41. The van der Waals surface area contributed by atoms with Crippen LogP contribution >= 0.6 is 11.3 Å². The summed E-state index contributed by atoms with van der Waals surface area (Å²) in [6, 6.07) is 10.9. The standard InChI is InChI=1S/C11H9NOS.C2H6/c12-11-9(6-7-14-11)10(13)8-4-2-1-3-5-8;1-2/h1-7H,12H2;1-2H3. The van der Waals surface area contributed by atoms with Crippen LogP contribution in [0.1, 0.15) is 29.8 Å². The number of nitrogens with two attached hydrogens (primary N) is 1. The van der Waals surface area contributed by atoms with Gasteiger partial charge in [0.2, 0.25) is 0 Å². The highest BCUT2D eigenvalue weighted by atomic mass is 32.1. The monoisotopic (exact) mass is 233 g/mol. The Morgan fingerprint density at radius 1 is 1.12 bits per heavy atom. The lowest BCUT2D eigenvalue weighted by molar-refractivity contribution is 0.104. The first-order valence-corrected chi connectivity index (χ1v) is 6.09. The molecule has 1 aromatic carbocycles. The zero-order valence-corrected chi connectivity index (χ0v) is 10.3. The molecule has 0 aliphatic heterocycles. The van der Waals surface area contributed by atoms with Crippen LogP contribution in [0.2, 0.25) is 0 Å². The second-order valence-electron chi connectivity index (χ2n) is 2.89. The lowest BCUT2D eigenvalue weighted by Crippen LogP contribution is -2.01. The van der Waals surface area contributed by atoms with Crippen LogP contribution in [0.4, 0.5) is 5.00 Å². The van der Waals surface area contributed by atoms with Gasteiger partial charge in [-0.25, -0.2) is 0 Å². The largest absolute Gasteiger partial charge is 0.390 e. The van der Waals surface area contributed by atoms with E-state index in [2.05, 4.69) is 0 Å². The summed E-state index contributed by atoms with van der Waals surface area (Å²) in [7, 11) is 0. The maximum absolute atomic E-state index is 11.9. The summed E-state index contributed by atoms with van der Waals surface area (Å²) in [5.74, 6) is -0.00986. The van der Waals surface area contributed by atoms with Crippen LogP contribution in [0.5, 0.6) is 0 Å². The molecule has 0 spiro atoms. The molecule has 0 aliphatic rings. The fraction of sp³-hybridized carbons (Fsp3) is 0.154. The Hall–Kier alpha value is -1.61. The maximum atomic E-state index is 11.9. The molecule has 0 atom stereocenters. The van der Waals surface area contributed by atoms with Crippen LogP contribution in [-0.2, 0) is 0 Å². The SMILES string of the molecule is CC.Nc1sccc1C(=O)c1ccccc1. The number of anilines is 1. The molecule has 3 heteroatoms. The summed E-state index contributed by atoms with van der Waals surface area (Å²) in [5.41, 5.74) is 6.95. The van der Waals surface area contributed by atoms with Gasteiger partial charge in [-0.1, -0.05) is 44.2 Å². The van der Waals surface area contributed by atoms with Crippen LogP contribution in [0.15, 0.2) is 41.8 Å². The molecule has 1 aromatic heterocycles. The Morgan fingerprint density at radius 2 is 1.75 bits per heavy atom. The maximum Gasteiger partial charge on any atom is 0.195 e. The number of carbonyl (C=O) groups excluding carboxylic acids is 1. The van der Waals surface area contributed by atoms with Crippen molar-refractivity contribution in [3.8, 4) is 0 Å². The number of ketones is 1. The minimum absolute atomic E-state index is 0.00986. The van der Waals surface area contributed by atoms with E-state index in [0.29, 0.717) is 16.1 Å². The van der Waals surface area contributed by atoms with E-state index < -0.39 is 0 Å². The van der Waals surface area contributed by atoms with Crippen LogP contribution in [0, 0.1) is 0 Å². The summed E-state index contributed by atoms with van der Waals surface area (Å²) >= 11 is 1.38. The molecule has 84 valence electrons. The molecule has 0 radical (unpaired) electrons. The zero-order chi connectivity index (χ0) is 12.0. The smallest absolute Gasteiger partial charge is 0.195 e. The number of benzene rings is 1. The first kappa shape index (κ1) is 12.5. The molecule has 0 bridgehead atoms. The first-order chi connectivity index (χ1) is 7.79. The summed E-state index contributed by atoms with van der Waals surface area (Å²) < 4.78 is 0. The van der Waals surface area contributed by atoms with E-state index in [1.165, 1.54) is 11.3 Å². The Labute approximate surface area is 99.7 Å². The number of nitrogen functional groups attached to an aromatic ring is 1. The molecule has 0 saturated heterocycles. The summed E-state index contributed by atoms with van der Waals surface area (Å²) in [6.07, 6.45) is 0. The number of thiophene rings is 1. The predicted molar refractivity (Wildman–Crippen MR) is 70.0 cm³/mol. The third-order valence-electron chi connectivity index (χ3n) is 1.98. The van der Waals surface area contributed by atoms with E-state index in [1.807, 2.05) is 37.4 Å². The molecule has 2 aromatic rings. The van der Waals surface area contributed by atoms with E-state index in [-0.39, 0.29) is 5.78 Å². The van der Waals surface area contributed by atoms with Crippen LogP contribution in [0.3, 0.4) is 0 Å². The third kappa shape index (κ3) is 2.70. The van der Waals surface area contributed by atoms with Gasteiger partial charge in [0, 0.05) is 5.56 Å². The van der Waals surface area contributed by atoms with E-state index in [4.69, 9.17) is 5.73 Å². The minimum atomic E-state index is -0.00986. The number of hydrogen-bond acceptors (Lipinski definition) is 3. The number of rotatable bonds is 2. The van der Waals surface area contributed by atoms with Crippen molar-refractivity contribution in [1.29, 1.82) is 0 Å². The van der Waals surface area contributed by atoms with Gasteiger partial charge in [-0.15, -0.1) is 11.3 Å². The highest BCUT2D eigenvalue weighted by Crippen LogP contribution is 2.21. The lowest BCUT2D eigenvalue weighted by atomic mass is 10.1. The zero-order valence-electron chi connectivity index (χ0n) is 9.44. The Kier molecular flexibility index (Phi) is 4.73. The molecule has 0 amide bonds. The normalized spacial score (nSPS) is 9.12. The molecule has 1 heterocycles. The Bertz CT molecular complexity index is 448. The minimum Gasteiger partial charge on any atom is -0.390 e. The van der Waals surface area contributed by atoms with E-state index in [9.17, 15) is 4.79 Å². The quantitative estimate of drug-likeness (QED) is 0.805. The molecule has 16 heavy (non-hydrogen) atoms. The third-order valence-corrected chi connectivity index (χ3v) is 2.72. The molecular weight excluding hydrogens is 218 g/mol. The van der Waals surface area contributed by atoms with Crippen LogP contribution in [0.25, 0.3) is 0 Å². The fourth-order valence-corrected chi connectivity index (χ4v) is 1.89. The van der Waals surface area contributed by atoms with E-state index in [0.717, 1.165) is 0 Å². The average Bonchev–Trinajstić information content (AvgIpc) is 2.78. The molecule has 2 nitrogen and oxygen atoms in total. The van der Waals surface area contributed by atoms with Crippen molar-refractivity contribution in [3.63, 3.8) is 0 Å². The van der Waals surface area contributed by atoms with Gasteiger partial charge in [-0.05, 0) is 11.4 Å². The van der Waals surface area contributed by atoms with E-state index >= 15 is 0 Å². The number of hydrogen-bond donors (Lipinski definition) is 1. The van der Waals surface area contributed by atoms with Crippen molar-refractivity contribution >= 4 is 22.1 Å². The van der Waals surface area contributed by atoms with Crippen molar-refractivity contribution in [2.45, 2.75) is 13.8 Å². The fourth-order valence-electron chi connectivity index (χ4n) is 1.25. The van der Waals surface area contributed by atoms with Gasteiger partial charge < -0.3 is 5.73 Å². The van der Waals surface area contributed by atoms with Crippen LogP contribution in [-0.4, -0.2) is 5.78 Å². The Morgan fingerprint density at radius 3 is 2.25 bits per heavy atom. The topological polar surface area (TPSA) is 43.1 Å². The van der Waals surface area contributed by atoms with Crippen molar-refractivity contribution in [2.24, 2.45) is 0 Å². The highest BCUT2D eigenvalue weighted by Gasteiger charge is 2.11. The highest BCUT2D eigenvalue weighted by molar-refractivity contribution is 7.14. The molecule has 0 unspecified atom stereocenters. The second-order valence-corrected chi connectivity index (χ2v) is 3.84. The van der Waals surface area contributed by atoms with Crippen molar-refractivity contribution in [2.75, 3.05) is 5.73 Å². The molecule has 0 saturated carbocycles. The van der Waals surface area contributed by atoms with Crippen molar-refractivity contribution in [1.82, 2.24) is 0 Å². The molecule has 2 N–H and O–H groups in total. The van der Waals surface area contributed by atoms with Gasteiger partial charge in [0.15, 0.2) is 5.78 Å². The van der Waals surface area contributed by atoms with Crippen molar-refractivity contribution < 1.29 is 4.79 Å². The van der Waals surface area contributed by atoms with E-state index in [1.54, 1.807) is 18.2 Å². The lowest BCUT2D eigenvalue weighted by Gasteiger charge is -1.98. The molecule has 0 aliphatic carbocycles. The van der Waals surface area contributed by atoms with Crippen molar-refractivity contribution in [3.05, 3.63) is 52.9 Å². The Balaban J connectivity index is 0.000000606. The average molecular weight is 233 g/mol. The number of carbonyl (C=O) groups is 1. The summed E-state index contributed by atoms with van der Waals surface area (Å²) in [6.45, 7) is 4.00. The van der Waals surface area contributed by atoms with Gasteiger partial charge >= 0.3 is 0 Å².